The number of nitrogens with zero attached hydrogens (tertiary/aromatic N) is 3. The smallest absolute Gasteiger partial charge is 0.305 e. The molecule has 10 heteroatoms. The minimum Gasteiger partial charge on any atom is -0.436 e. The van der Waals surface area contributed by atoms with Crippen molar-refractivity contribution < 1.29 is 22.9 Å². The molecule has 218 valence electrons. The molecule has 0 bridgehead atoms. The molecule has 6 aromatic rings. The van der Waals surface area contributed by atoms with E-state index < -0.39 is 16.4 Å². The quantitative estimate of drug-likeness (QED) is 0.119. The van der Waals surface area contributed by atoms with Crippen molar-refractivity contribution in [1.29, 1.82) is 0 Å². The second-order valence-electron chi connectivity index (χ2n) is 10.4. The van der Waals surface area contributed by atoms with Crippen LogP contribution in [-0.4, -0.2) is 28.1 Å². The van der Waals surface area contributed by atoms with Gasteiger partial charge >= 0.3 is 5.69 Å². The second kappa shape index (κ2) is 12.4. The van der Waals surface area contributed by atoms with E-state index in [1.807, 2.05) is 36.4 Å². The highest BCUT2D eigenvalue weighted by Crippen LogP contribution is 2.30. The molecule has 7 rings (SSSR count). The van der Waals surface area contributed by atoms with E-state index in [1.54, 1.807) is 18.2 Å². The maximum Gasteiger partial charge on any atom is 0.305 e. The van der Waals surface area contributed by atoms with Crippen LogP contribution in [0.4, 0.5) is 15.8 Å². The van der Waals surface area contributed by atoms with Crippen LogP contribution in [0, 0.1) is 21.8 Å². The highest BCUT2D eigenvalue weighted by molar-refractivity contribution is 5.77. The number of rotatable bonds is 6. The number of hydrogen-bond acceptors (Lipinski definition) is 8. The molecule has 0 radical (unpaired) electrons. The van der Waals surface area contributed by atoms with Crippen LogP contribution in [0.25, 0.3) is 45.1 Å². The molecule has 4 aromatic carbocycles. The highest BCUT2D eigenvalue weighted by Gasteiger charge is 2.18. The summed E-state index contributed by atoms with van der Waals surface area (Å²) in [6.07, 6.45) is 4.53. The standard InChI is InChI=1S/C20H22N2O2.C13H7FN2O3/c21-17-13-16(20-22-18-3-1-2-4-19(18)24-20)8-7-15(17)6-5-14-9-11-23-12-10-14;14-9-6-5-8(7-11(9)16(17)18)13-15-10-3-1-2-4-12(10)19-13/h1-4,7-8,13-14H,5-6,9-12,21H2;1-7H. The molecule has 0 saturated carbocycles. The molecular weight excluding hydrogens is 551 g/mol. The number of anilines is 1. The van der Waals surface area contributed by atoms with Crippen LogP contribution in [0.3, 0.4) is 0 Å². The minimum atomic E-state index is -0.884. The third kappa shape index (κ3) is 6.39. The fraction of sp³-hybridized carbons (Fsp3) is 0.212. The maximum atomic E-state index is 13.2. The summed E-state index contributed by atoms with van der Waals surface area (Å²) in [6.45, 7) is 1.80. The summed E-state index contributed by atoms with van der Waals surface area (Å²) in [4.78, 5) is 18.7. The van der Waals surface area contributed by atoms with Crippen molar-refractivity contribution >= 4 is 33.6 Å². The molecule has 0 atom stereocenters. The highest BCUT2D eigenvalue weighted by atomic mass is 19.1. The first-order chi connectivity index (χ1) is 20.9. The predicted molar refractivity (Wildman–Crippen MR) is 162 cm³/mol. The van der Waals surface area contributed by atoms with E-state index in [9.17, 15) is 14.5 Å². The third-order valence-corrected chi connectivity index (χ3v) is 7.53. The predicted octanol–water partition coefficient (Wildman–Crippen LogP) is 7.98. The number of fused-ring (bicyclic) bond motifs is 2. The number of benzene rings is 4. The van der Waals surface area contributed by atoms with E-state index >= 15 is 0 Å². The number of nitrogens with two attached hydrogens (primary N) is 1. The Hall–Kier alpha value is -5.09. The molecule has 0 aliphatic carbocycles. The SMILES string of the molecule is Nc1cc(-c2nc3ccccc3o2)ccc1CCC1CCOCC1.O=[N+]([O-])c1cc(-c2nc3ccccc3o2)ccc1F. The Morgan fingerprint density at radius 3 is 2.00 bits per heavy atom. The summed E-state index contributed by atoms with van der Waals surface area (Å²) < 4.78 is 30.0. The van der Waals surface area contributed by atoms with E-state index in [0.717, 1.165) is 60.0 Å². The Labute approximate surface area is 246 Å². The number of nitrogen functional groups attached to an aromatic ring is 1. The molecular formula is C33H29FN4O5. The summed E-state index contributed by atoms with van der Waals surface area (Å²) in [7, 11) is 0. The van der Waals surface area contributed by atoms with Crippen molar-refractivity contribution in [3.63, 3.8) is 0 Å². The van der Waals surface area contributed by atoms with Gasteiger partial charge in [-0.05, 0) is 85.7 Å². The van der Waals surface area contributed by atoms with Gasteiger partial charge in [0.2, 0.25) is 17.6 Å². The van der Waals surface area contributed by atoms with Crippen LogP contribution in [0.2, 0.25) is 0 Å². The zero-order valence-electron chi connectivity index (χ0n) is 23.2. The molecule has 1 saturated heterocycles. The molecule has 9 nitrogen and oxygen atoms in total. The monoisotopic (exact) mass is 580 g/mol. The van der Waals surface area contributed by atoms with Crippen LogP contribution >= 0.6 is 0 Å². The zero-order chi connectivity index (χ0) is 29.8. The van der Waals surface area contributed by atoms with Crippen molar-refractivity contribution in [3.05, 3.63) is 106 Å². The van der Waals surface area contributed by atoms with Gasteiger partial charge in [-0.3, -0.25) is 10.1 Å². The van der Waals surface area contributed by atoms with Crippen LogP contribution in [-0.2, 0) is 11.2 Å². The number of nitro benzene ring substituents is 1. The Kier molecular flexibility index (Phi) is 8.10. The number of aromatic nitrogens is 2. The molecule has 1 aliphatic heterocycles. The molecule has 1 fully saturated rings. The first-order valence-electron chi connectivity index (χ1n) is 14.1. The zero-order valence-corrected chi connectivity index (χ0v) is 23.2. The number of aryl methyl sites for hydroxylation is 1. The van der Waals surface area contributed by atoms with Crippen LogP contribution in [0.15, 0.2) is 93.8 Å². The van der Waals surface area contributed by atoms with Gasteiger partial charge in [0.05, 0.1) is 4.92 Å². The van der Waals surface area contributed by atoms with E-state index in [0.29, 0.717) is 22.6 Å². The molecule has 1 aliphatic rings. The van der Waals surface area contributed by atoms with Gasteiger partial charge in [-0.25, -0.2) is 9.97 Å². The first kappa shape index (κ1) is 28.0. The molecule has 2 aromatic heterocycles. The van der Waals surface area contributed by atoms with Crippen molar-refractivity contribution in [2.45, 2.75) is 25.7 Å². The minimum absolute atomic E-state index is 0.226. The Bertz CT molecular complexity index is 1830. The summed E-state index contributed by atoms with van der Waals surface area (Å²) in [5.74, 6) is 0.725. The van der Waals surface area contributed by atoms with Gasteiger partial charge in [-0.1, -0.05) is 30.3 Å². The molecule has 0 unspecified atom stereocenters. The van der Waals surface area contributed by atoms with Crippen molar-refractivity contribution in [1.82, 2.24) is 9.97 Å². The lowest BCUT2D eigenvalue weighted by Gasteiger charge is -2.22. The van der Waals surface area contributed by atoms with E-state index in [4.69, 9.17) is 19.3 Å². The summed E-state index contributed by atoms with van der Waals surface area (Å²) in [5.41, 5.74) is 11.9. The molecule has 0 spiro atoms. The normalized spacial score (nSPS) is 13.6. The van der Waals surface area contributed by atoms with Crippen molar-refractivity contribution in [2.75, 3.05) is 18.9 Å². The largest absolute Gasteiger partial charge is 0.436 e. The van der Waals surface area contributed by atoms with Gasteiger partial charge in [0, 0.05) is 36.1 Å². The number of oxazole rings is 2. The fourth-order valence-electron chi connectivity index (χ4n) is 5.13. The van der Waals surface area contributed by atoms with Gasteiger partial charge in [-0.2, -0.15) is 4.39 Å². The first-order valence-corrected chi connectivity index (χ1v) is 14.1. The Morgan fingerprint density at radius 1 is 0.837 bits per heavy atom. The lowest BCUT2D eigenvalue weighted by molar-refractivity contribution is -0.387. The van der Waals surface area contributed by atoms with Gasteiger partial charge in [0.1, 0.15) is 11.0 Å². The average Bonchev–Trinajstić information content (AvgIpc) is 3.66. The Morgan fingerprint density at radius 2 is 1.42 bits per heavy atom. The number of halogens is 1. The number of para-hydroxylation sites is 4. The molecule has 43 heavy (non-hydrogen) atoms. The van der Waals surface area contributed by atoms with Gasteiger partial charge in [0.25, 0.3) is 0 Å². The lowest BCUT2D eigenvalue weighted by atomic mass is 9.92. The van der Waals surface area contributed by atoms with E-state index in [2.05, 4.69) is 22.1 Å². The van der Waals surface area contributed by atoms with Gasteiger partial charge in [0.15, 0.2) is 11.2 Å². The fourth-order valence-corrected chi connectivity index (χ4v) is 5.13. The van der Waals surface area contributed by atoms with Gasteiger partial charge < -0.3 is 19.3 Å². The second-order valence-corrected chi connectivity index (χ2v) is 10.4. The molecule has 2 N–H and O–H groups in total. The average molecular weight is 581 g/mol. The van der Waals surface area contributed by atoms with Crippen LogP contribution in [0.5, 0.6) is 0 Å². The topological polar surface area (TPSA) is 130 Å². The summed E-state index contributed by atoms with van der Waals surface area (Å²) in [5, 5.41) is 10.7. The number of hydrogen-bond donors (Lipinski definition) is 1. The number of nitro groups is 1. The summed E-state index contributed by atoms with van der Waals surface area (Å²) >= 11 is 0. The van der Waals surface area contributed by atoms with Crippen molar-refractivity contribution in [2.24, 2.45) is 5.92 Å². The molecule has 3 heterocycles. The number of ether oxygens (including phenoxy) is 1. The lowest BCUT2D eigenvalue weighted by Crippen LogP contribution is -2.16. The third-order valence-electron chi connectivity index (χ3n) is 7.53. The van der Waals surface area contributed by atoms with E-state index in [1.165, 1.54) is 30.9 Å². The van der Waals surface area contributed by atoms with E-state index in [-0.39, 0.29) is 5.89 Å². The molecule has 0 amide bonds. The summed E-state index contributed by atoms with van der Waals surface area (Å²) in [6, 6.07) is 24.6. The van der Waals surface area contributed by atoms with Crippen LogP contribution in [0.1, 0.15) is 24.8 Å². The van der Waals surface area contributed by atoms with Gasteiger partial charge in [-0.15, -0.1) is 0 Å². The van der Waals surface area contributed by atoms with Crippen molar-refractivity contribution in [3.8, 4) is 22.9 Å². The Balaban J connectivity index is 0.000000157. The maximum absolute atomic E-state index is 13.2. The van der Waals surface area contributed by atoms with Crippen LogP contribution < -0.4 is 5.73 Å².